The third kappa shape index (κ3) is 3.93. The third-order valence-electron chi connectivity index (χ3n) is 4.24. The Kier molecular flexibility index (Phi) is 5.69. The number of pyridine rings is 1. The average Bonchev–Trinajstić information content (AvgIpc) is 2.53. The molecule has 1 aromatic rings. The molecule has 1 saturated heterocycles. The Labute approximate surface area is 131 Å². The van der Waals surface area contributed by atoms with Gasteiger partial charge in [-0.15, -0.1) is 0 Å². The number of carbonyl (C=O) groups is 1. The van der Waals surface area contributed by atoms with Crippen LogP contribution in [0.1, 0.15) is 38.2 Å². The van der Waals surface area contributed by atoms with Gasteiger partial charge in [-0.25, -0.2) is 0 Å². The number of aliphatic hydroxyl groups is 1. The van der Waals surface area contributed by atoms with Crippen molar-refractivity contribution in [2.75, 3.05) is 13.1 Å². The number of likely N-dealkylation sites (tertiary alicyclic amines) is 1. The molecule has 2 N–H and O–H groups in total. The van der Waals surface area contributed by atoms with Gasteiger partial charge in [-0.2, -0.15) is 0 Å². The van der Waals surface area contributed by atoms with E-state index in [9.17, 15) is 15.0 Å². The highest BCUT2D eigenvalue weighted by Gasteiger charge is 2.37. The Morgan fingerprint density at radius 1 is 1.50 bits per heavy atom. The van der Waals surface area contributed by atoms with Gasteiger partial charge in [-0.1, -0.05) is 31.6 Å². The van der Waals surface area contributed by atoms with Gasteiger partial charge in [0, 0.05) is 31.0 Å². The molecule has 0 amide bonds. The van der Waals surface area contributed by atoms with Crippen LogP contribution in [-0.2, 0) is 10.4 Å². The van der Waals surface area contributed by atoms with E-state index in [4.69, 9.17) is 0 Å². The van der Waals surface area contributed by atoms with Crippen molar-refractivity contribution >= 4 is 5.97 Å². The number of carboxylic acid groups (broad SMARTS) is 1. The summed E-state index contributed by atoms with van der Waals surface area (Å²) in [7, 11) is 0. The molecule has 120 valence electrons. The molecule has 0 spiro atoms. The van der Waals surface area contributed by atoms with Gasteiger partial charge in [0.1, 0.15) is 6.04 Å². The van der Waals surface area contributed by atoms with Gasteiger partial charge >= 0.3 is 5.97 Å². The number of hydrogen-bond acceptors (Lipinski definition) is 4. The number of unbranched alkanes of at least 4 members (excludes halogenated alkanes) is 1. The Balaban J connectivity index is 2.02. The zero-order chi connectivity index (χ0) is 16.0. The fourth-order valence-electron chi connectivity index (χ4n) is 2.85. The first-order valence-electron chi connectivity index (χ1n) is 7.83. The zero-order valence-corrected chi connectivity index (χ0v) is 13.0. The number of piperidine rings is 1. The molecular weight excluding hydrogens is 280 g/mol. The van der Waals surface area contributed by atoms with Crippen molar-refractivity contribution in [3.63, 3.8) is 0 Å². The SMILES string of the molecule is CCC/C=C/[C@@H](C(=O)O)N1CCC(O)(c2cccnc2)CC1. The number of rotatable bonds is 6. The maximum Gasteiger partial charge on any atom is 0.324 e. The van der Waals surface area contributed by atoms with E-state index >= 15 is 0 Å². The van der Waals surface area contributed by atoms with Crippen LogP contribution < -0.4 is 0 Å². The number of aromatic nitrogens is 1. The largest absolute Gasteiger partial charge is 0.480 e. The normalized spacial score (nSPS) is 20.1. The van der Waals surface area contributed by atoms with Gasteiger partial charge in [-0.05, 0) is 25.3 Å². The summed E-state index contributed by atoms with van der Waals surface area (Å²) in [5, 5.41) is 20.2. The smallest absolute Gasteiger partial charge is 0.324 e. The van der Waals surface area contributed by atoms with Crippen LogP contribution in [0.2, 0.25) is 0 Å². The van der Waals surface area contributed by atoms with Crippen molar-refractivity contribution in [3.8, 4) is 0 Å². The van der Waals surface area contributed by atoms with E-state index in [0.717, 1.165) is 18.4 Å². The van der Waals surface area contributed by atoms with E-state index in [1.54, 1.807) is 18.5 Å². The van der Waals surface area contributed by atoms with Crippen LogP contribution in [0.25, 0.3) is 0 Å². The lowest BCUT2D eigenvalue weighted by Gasteiger charge is -2.40. The van der Waals surface area contributed by atoms with E-state index < -0.39 is 17.6 Å². The molecule has 1 aliphatic rings. The second-order valence-corrected chi connectivity index (χ2v) is 5.81. The Hall–Kier alpha value is -1.72. The first kappa shape index (κ1) is 16.6. The highest BCUT2D eigenvalue weighted by Crippen LogP contribution is 2.33. The minimum atomic E-state index is -0.902. The van der Waals surface area contributed by atoms with Gasteiger partial charge in [0.2, 0.25) is 0 Å². The van der Waals surface area contributed by atoms with E-state index in [0.29, 0.717) is 25.9 Å². The van der Waals surface area contributed by atoms with Gasteiger partial charge in [0.05, 0.1) is 5.60 Å². The van der Waals surface area contributed by atoms with Crippen molar-refractivity contribution in [2.24, 2.45) is 0 Å². The summed E-state index contributed by atoms with van der Waals surface area (Å²) < 4.78 is 0. The first-order valence-corrected chi connectivity index (χ1v) is 7.83. The highest BCUT2D eigenvalue weighted by molar-refractivity contribution is 5.75. The van der Waals surface area contributed by atoms with Crippen molar-refractivity contribution < 1.29 is 15.0 Å². The first-order chi connectivity index (χ1) is 10.6. The highest BCUT2D eigenvalue weighted by atomic mass is 16.4. The molecule has 22 heavy (non-hydrogen) atoms. The summed E-state index contributed by atoms with van der Waals surface area (Å²) >= 11 is 0. The number of carboxylic acids is 1. The van der Waals surface area contributed by atoms with E-state index in [1.165, 1.54) is 0 Å². The molecule has 0 saturated carbocycles. The van der Waals surface area contributed by atoms with Crippen LogP contribution in [0, 0.1) is 0 Å². The van der Waals surface area contributed by atoms with Crippen LogP contribution in [0.4, 0.5) is 0 Å². The molecule has 1 fully saturated rings. The molecule has 0 unspecified atom stereocenters. The molecule has 0 radical (unpaired) electrons. The number of allylic oxidation sites excluding steroid dienone is 1. The molecule has 1 aliphatic heterocycles. The second kappa shape index (κ2) is 7.51. The van der Waals surface area contributed by atoms with Crippen molar-refractivity contribution in [2.45, 2.75) is 44.2 Å². The van der Waals surface area contributed by atoms with E-state index in [-0.39, 0.29) is 0 Å². The minimum Gasteiger partial charge on any atom is -0.480 e. The molecule has 2 heterocycles. The fourth-order valence-corrected chi connectivity index (χ4v) is 2.85. The van der Waals surface area contributed by atoms with Crippen molar-refractivity contribution in [1.29, 1.82) is 0 Å². The van der Waals surface area contributed by atoms with Gasteiger partial charge in [0.15, 0.2) is 0 Å². The Morgan fingerprint density at radius 3 is 2.77 bits per heavy atom. The lowest BCUT2D eigenvalue weighted by atomic mass is 9.85. The zero-order valence-electron chi connectivity index (χ0n) is 13.0. The quantitative estimate of drug-likeness (QED) is 0.788. The third-order valence-corrected chi connectivity index (χ3v) is 4.24. The molecule has 5 nitrogen and oxygen atoms in total. The predicted molar refractivity (Wildman–Crippen MR) is 84.4 cm³/mol. The molecule has 1 aromatic heterocycles. The van der Waals surface area contributed by atoms with Crippen LogP contribution in [0.5, 0.6) is 0 Å². The van der Waals surface area contributed by atoms with Crippen LogP contribution in [0.15, 0.2) is 36.7 Å². The summed E-state index contributed by atoms with van der Waals surface area (Å²) in [4.78, 5) is 17.4. The number of aliphatic carboxylic acids is 1. The summed E-state index contributed by atoms with van der Waals surface area (Å²) in [6, 6.07) is 3.08. The average molecular weight is 304 g/mol. The molecule has 0 aliphatic carbocycles. The molecule has 0 aromatic carbocycles. The van der Waals surface area contributed by atoms with Crippen LogP contribution in [-0.4, -0.2) is 45.2 Å². The number of hydrogen-bond donors (Lipinski definition) is 2. The van der Waals surface area contributed by atoms with Gasteiger partial charge < -0.3 is 10.2 Å². The Morgan fingerprint density at radius 2 is 2.23 bits per heavy atom. The summed E-state index contributed by atoms with van der Waals surface area (Å²) in [5.41, 5.74) is -0.0935. The standard InChI is InChI=1S/C17H24N2O3/c1-2-3-4-7-15(16(20)21)19-11-8-17(22,9-12-19)14-6-5-10-18-13-14/h4-7,10,13,15,22H,2-3,8-9,11-12H2,1H3,(H,20,21)/b7-4+/t15-/m0/s1. The summed E-state index contributed by atoms with van der Waals surface area (Å²) in [6.45, 7) is 3.17. The Bertz CT molecular complexity index is 508. The van der Waals surface area contributed by atoms with Gasteiger partial charge in [0.25, 0.3) is 0 Å². The molecule has 0 bridgehead atoms. The van der Waals surface area contributed by atoms with E-state index in [1.807, 2.05) is 23.1 Å². The monoisotopic (exact) mass is 304 g/mol. The maximum atomic E-state index is 11.5. The van der Waals surface area contributed by atoms with Crippen molar-refractivity contribution in [3.05, 3.63) is 42.2 Å². The fraction of sp³-hybridized carbons (Fsp3) is 0.529. The molecule has 5 heteroatoms. The summed E-state index contributed by atoms with van der Waals surface area (Å²) in [6.07, 6.45) is 9.99. The minimum absolute atomic E-state index is 0.518. The maximum absolute atomic E-state index is 11.5. The van der Waals surface area contributed by atoms with Crippen LogP contribution in [0.3, 0.4) is 0 Å². The van der Waals surface area contributed by atoms with Crippen molar-refractivity contribution in [1.82, 2.24) is 9.88 Å². The summed E-state index contributed by atoms with van der Waals surface area (Å²) in [5.74, 6) is -0.834. The molecule has 2 rings (SSSR count). The second-order valence-electron chi connectivity index (χ2n) is 5.81. The van der Waals surface area contributed by atoms with Gasteiger partial charge in [-0.3, -0.25) is 14.7 Å². The van der Waals surface area contributed by atoms with Crippen LogP contribution >= 0.6 is 0 Å². The molecular formula is C17H24N2O3. The number of nitrogens with zero attached hydrogens (tertiary/aromatic N) is 2. The van der Waals surface area contributed by atoms with E-state index in [2.05, 4.69) is 11.9 Å². The topological polar surface area (TPSA) is 73.7 Å². The lowest BCUT2D eigenvalue weighted by Crippen LogP contribution is -2.49. The molecule has 1 atom stereocenters. The lowest BCUT2D eigenvalue weighted by molar-refractivity contribution is -0.143. The predicted octanol–water partition coefficient (Wildman–Crippen LogP) is 2.17.